The Labute approximate surface area is 110 Å². The molecule has 0 saturated carbocycles. The first-order chi connectivity index (χ1) is 8.47. The summed E-state index contributed by atoms with van der Waals surface area (Å²) in [5, 5.41) is -0.473. The van der Waals surface area contributed by atoms with Gasteiger partial charge in [-0.15, -0.1) is 11.6 Å². The number of benzene rings is 2. The highest BCUT2D eigenvalue weighted by Gasteiger charge is 2.13. The van der Waals surface area contributed by atoms with E-state index in [-0.39, 0.29) is 11.6 Å². The Morgan fingerprint density at radius 1 is 0.944 bits per heavy atom. The van der Waals surface area contributed by atoms with Crippen molar-refractivity contribution < 1.29 is 8.78 Å². The van der Waals surface area contributed by atoms with E-state index in [2.05, 4.69) is 0 Å². The molecule has 0 aromatic heterocycles. The lowest BCUT2D eigenvalue weighted by Crippen LogP contribution is -1.97. The Balaban J connectivity index is 2.40. The van der Waals surface area contributed by atoms with Gasteiger partial charge in [-0.2, -0.15) is 0 Å². The molecule has 0 spiro atoms. The predicted octanol–water partition coefficient (Wildman–Crippen LogP) is 4.91. The number of aryl methyl sites for hydroxylation is 2. The minimum Gasteiger partial charge on any atom is -0.207 e. The molecule has 0 amide bonds. The first-order valence-corrected chi connectivity index (χ1v) is 6.08. The van der Waals surface area contributed by atoms with E-state index in [1.807, 2.05) is 13.0 Å². The highest BCUT2D eigenvalue weighted by molar-refractivity contribution is 6.22. The molecule has 0 nitrogen and oxygen atoms in total. The molecule has 0 radical (unpaired) electrons. The van der Waals surface area contributed by atoms with Gasteiger partial charge in [-0.05, 0) is 54.3 Å². The summed E-state index contributed by atoms with van der Waals surface area (Å²) in [5.74, 6) is -0.576. The second-order valence-corrected chi connectivity index (χ2v) is 4.87. The fourth-order valence-electron chi connectivity index (χ4n) is 1.93. The fraction of sp³-hybridized carbons (Fsp3) is 0.200. The van der Waals surface area contributed by atoms with E-state index >= 15 is 0 Å². The molecule has 94 valence electrons. The zero-order chi connectivity index (χ0) is 13.3. The largest absolute Gasteiger partial charge is 0.207 e. The smallest absolute Gasteiger partial charge is 0.126 e. The summed E-state index contributed by atoms with van der Waals surface area (Å²) in [6.07, 6.45) is 0. The number of hydrogen-bond donors (Lipinski definition) is 0. The van der Waals surface area contributed by atoms with Crippen LogP contribution in [-0.2, 0) is 0 Å². The van der Waals surface area contributed by atoms with Crippen molar-refractivity contribution in [1.82, 2.24) is 0 Å². The van der Waals surface area contributed by atoms with Gasteiger partial charge in [-0.1, -0.05) is 18.2 Å². The summed E-state index contributed by atoms with van der Waals surface area (Å²) < 4.78 is 26.5. The van der Waals surface area contributed by atoms with Crippen LogP contribution in [0.4, 0.5) is 8.78 Å². The van der Waals surface area contributed by atoms with Gasteiger partial charge in [0.15, 0.2) is 0 Å². The predicted molar refractivity (Wildman–Crippen MR) is 70.0 cm³/mol. The van der Waals surface area contributed by atoms with Crippen LogP contribution in [0.25, 0.3) is 0 Å². The minimum atomic E-state index is -0.473. The first kappa shape index (κ1) is 13.0. The maximum atomic E-state index is 13.3. The average Bonchev–Trinajstić information content (AvgIpc) is 2.30. The van der Waals surface area contributed by atoms with Crippen LogP contribution in [0.3, 0.4) is 0 Å². The molecular weight excluding hydrogens is 254 g/mol. The van der Waals surface area contributed by atoms with E-state index in [1.54, 1.807) is 19.1 Å². The Hall–Kier alpha value is -1.41. The Morgan fingerprint density at radius 3 is 2.28 bits per heavy atom. The lowest BCUT2D eigenvalue weighted by molar-refractivity contribution is 0.617. The van der Waals surface area contributed by atoms with Crippen molar-refractivity contribution in [1.29, 1.82) is 0 Å². The highest BCUT2D eigenvalue weighted by atomic mass is 35.5. The normalized spacial score (nSPS) is 12.5. The number of halogens is 3. The minimum absolute atomic E-state index is 0.266. The molecule has 18 heavy (non-hydrogen) atoms. The van der Waals surface area contributed by atoms with Crippen molar-refractivity contribution in [3.05, 3.63) is 70.3 Å². The van der Waals surface area contributed by atoms with Crippen LogP contribution in [0.1, 0.15) is 27.6 Å². The number of rotatable bonds is 2. The third-order valence-electron chi connectivity index (χ3n) is 2.83. The lowest BCUT2D eigenvalue weighted by Gasteiger charge is -2.12. The molecule has 0 N–H and O–H groups in total. The molecule has 1 unspecified atom stereocenters. The van der Waals surface area contributed by atoms with Crippen LogP contribution < -0.4 is 0 Å². The van der Waals surface area contributed by atoms with E-state index in [4.69, 9.17) is 11.6 Å². The van der Waals surface area contributed by atoms with E-state index < -0.39 is 5.38 Å². The Kier molecular flexibility index (Phi) is 3.67. The first-order valence-electron chi connectivity index (χ1n) is 5.64. The van der Waals surface area contributed by atoms with Gasteiger partial charge in [0.2, 0.25) is 0 Å². The Morgan fingerprint density at radius 2 is 1.67 bits per heavy atom. The van der Waals surface area contributed by atoms with Crippen LogP contribution in [0.15, 0.2) is 36.4 Å². The van der Waals surface area contributed by atoms with Gasteiger partial charge < -0.3 is 0 Å². The van der Waals surface area contributed by atoms with E-state index in [0.717, 1.165) is 11.1 Å². The van der Waals surface area contributed by atoms with E-state index in [1.165, 1.54) is 18.2 Å². The fourth-order valence-corrected chi connectivity index (χ4v) is 2.19. The van der Waals surface area contributed by atoms with Crippen molar-refractivity contribution in [2.75, 3.05) is 0 Å². The second kappa shape index (κ2) is 5.07. The number of hydrogen-bond acceptors (Lipinski definition) is 0. The maximum Gasteiger partial charge on any atom is 0.126 e. The van der Waals surface area contributed by atoms with E-state index in [0.29, 0.717) is 11.1 Å². The molecule has 2 rings (SSSR count). The van der Waals surface area contributed by atoms with Crippen LogP contribution in [0.5, 0.6) is 0 Å². The molecule has 0 fully saturated rings. The topological polar surface area (TPSA) is 0 Å². The van der Waals surface area contributed by atoms with Crippen molar-refractivity contribution in [3.63, 3.8) is 0 Å². The number of alkyl halides is 1. The van der Waals surface area contributed by atoms with Gasteiger partial charge in [0.1, 0.15) is 11.6 Å². The third-order valence-corrected chi connectivity index (χ3v) is 3.34. The summed E-state index contributed by atoms with van der Waals surface area (Å²) in [7, 11) is 0. The summed E-state index contributed by atoms with van der Waals surface area (Å²) in [6.45, 7) is 3.49. The van der Waals surface area contributed by atoms with Crippen LogP contribution in [0, 0.1) is 25.5 Å². The molecule has 0 heterocycles. The molecule has 0 saturated heterocycles. The second-order valence-electron chi connectivity index (χ2n) is 4.43. The van der Waals surface area contributed by atoms with Crippen molar-refractivity contribution in [3.8, 4) is 0 Å². The van der Waals surface area contributed by atoms with Gasteiger partial charge in [0.25, 0.3) is 0 Å². The standard InChI is InChI=1S/C15H13ClF2/c1-9-5-12(8-13(17)6-9)15(16)11-3-4-14(18)10(2)7-11/h3-8,15H,1-2H3. The van der Waals surface area contributed by atoms with Crippen molar-refractivity contribution in [2.45, 2.75) is 19.2 Å². The lowest BCUT2D eigenvalue weighted by atomic mass is 10.0. The van der Waals surface area contributed by atoms with E-state index in [9.17, 15) is 8.78 Å². The van der Waals surface area contributed by atoms with Crippen LogP contribution in [0.2, 0.25) is 0 Å². The summed E-state index contributed by atoms with van der Waals surface area (Å²) in [5.41, 5.74) is 2.79. The van der Waals surface area contributed by atoms with Crippen LogP contribution in [-0.4, -0.2) is 0 Å². The van der Waals surface area contributed by atoms with Crippen molar-refractivity contribution in [2.24, 2.45) is 0 Å². The molecular formula is C15H13ClF2. The zero-order valence-corrected chi connectivity index (χ0v) is 10.9. The quantitative estimate of drug-likeness (QED) is 0.678. The van der Waals surface area contributed by atoms with Crippen molar-refractivity contribution >= 4 is 11.6 Å². The van der Waals surface area contributed by atoms with Crippen LogP contribution >= 0.6 is 11.6 Å². The molecule has 0 aliphatic rings. The maximum absolute atomic E-state index is 13.3. The Bertz CT molecular complexity index is 558. The molecule has 1 atom stereocenters. The highest BCUT2D eigenvalue weighted by Crippen LogP contribution is 2.30. The zero-order valence-electron chi connectivity index (χ0n) is 10.2. The molecule has 3 heteroatoms. The molecule has 2 aromatic rings. The SMILES string of the molecule is Cc1cc(F)cc(C(Cl)c2ccc(F)c(C)c2)c1. The summed E-state index contributed by atoms with van der Waals surface area (Å²) in [4.78, 5) is 0. The molecule has 0 aliphatic heterocycles. The molecule has 0 bridgehead atoms. The molecule has 0 aliphatic carbocycles. The van der Waals surface area contributed by atoms with Gasteiger partial charge in [0, 0.05) is 0 Å². The summed E-state index contributed by atoms with van der Waals surface area (Å²) in [6, 6.07) is 9.38. The van der Waals surface area contributed by atoms with Gasteiger partial charge in [-0.25, -0.2) is 8.78 Å². The monoisotopic (exact) mass is 266 g/mol. The van der Waals surface area contributed by atoms with Gasteiger partial charge in [-0.3, -0.25) is 0 Å². The summed E-state index contributed by atoms with van der Waals surface area (Å²) >= 11 is 6.31. The van der Waals surface area contributed by atoms with Gasteiger partial charge >= 0.3 is 0 Å². The third kappa shape index (κ3) is 2.70. The molecule has 2 aromatic carbocycles. The average molecular weight is 267 g/mol. The van der Waals surface area contributed by atoms with Gasteiger partial charge in [0.05, 0.1) is 5.38 Å².